The van der Waals surface area contributed by atoms with E-state index in [2.05, 4.69) is 29.2 Å². The van der Waals surface area contributed by atoms with Crippen LogP contribution in [0.2, 0.25) is 5.02 Å². The topological polar surface area (TPSA) is 38.9 Å². The lowest BCUT2D eigenvalue weighted by Crippen LogP contribution is -1.99. The summed E-state index contributed by atoms with van der Waals surface area (Å²) in [5, 5.41) is 4.77. The molecule has 0 bridgehead atoms. The van der Waals surface area contributed by atoms with Crippen molar-refractivity contribution < 1.29 is 4.52 Å². The lowest BCUT2D eigenvalue weighted by Gasteiger charge is -2.09. The molecule has 3 aromatic rings. The van der Waals surface area contributed by atoms with Gasteiger partial charge < -0.3 is 4.52 Å². The van der Waals surface area contributed by atoms with Crippen molar-refractivity contribution in [3.63, 3.8) is 0 Å². The maximum absolute atomic E-state index is 5.89. The van der Waals surface area contributed by atoms with E-state index in [1.165, 1.54) is 5.56 Å². The average molecular weight is 299 g/mol. The van der Waals surface area contributed by atoms with E-state index in [9.17, 15) is 0 Å². The van der Waals surface area contributed by atoms with Crippen molar-refractivity contribution in [3.8, 4) is 11.4 Å². The van der Waals surface area contributed by atoms with Gasteiger partial charge in [-0.3, -0.25) is 0 Å². The molecule has 0 aliphatic rings. The molecular weight excluding hydrogens is 284 g/mol. The van der Waals surface area contributed by atoms with Gasteiger partial charge in [0.25, 0.3) is 0 Å². The van der Waals surface area contributed by atoms with E-state index in [0.29, 0.717) is 16.7 Å². The molecule has 0 aliphatic heterocycles. The van der Waals surface area contributed by atoms with E-state index in [1.807, 2.05) is 42.5 Å². The number of halogens is 1. The molecule has 1 atom stereocenters. The first-order chi connectivity index (χ1) is 10.3. The lowest BCUT2D eigenvalue weighted by atomic mass is 9.96. The minimum absolute atomic E-state index is 0.125. The number of aromatic nitrogens is 2. The van der Waals surface area contributed by atoms with Crippen LogP contribution in [0, 0.1) is 0 Å². The van der Waals surface area contributed by atoms with Crippen LogP contribution in [0.5, 0.6) is 0 Å². The molecule has 3 rings (SSSR count). The maximum Gasteiger partial charge on any atom is 0.234 e. The molecule has 1 unspecified atom stereocenters. The molecule has 4 heteroatoms. The van der Waals surface area contributed by atoms with Gasteiger partial charge in [0.05, 0.1) is 5.92 Å². The molecule has 0 saturated carbocycles. The van der Waals surface area contributed by atoms with Crippen LogP contribution in [-0.4, -0.2) is 10.1 Å². The predicted molar refractivity (Wildman–Crippen MR) is 83.3 cm³/mol. The van der Waals surface area contributed by atoms with Crippen molar-refractivity contribution in [2.75, 3.05) is 0 Å². The van der Waals surface area contributed by atoms with Crippen LogP contribution in [0.25, 0.3) is 11.4 Å². The van der Waals surface area contributed by atoms with Gasteiger partial charge in [-0.1, -0.05) is 54.0 Å². The minimum atomic E-state index is 0.125. The second-order valence-corrected chi connectivity index (χ2v) is 5.27. The van der Waals surface area contributed by atoms with Crippen molar-refractivity contribution >= 4 is 11.6 Å². The van der Waals surface area contributed by atoms with Crippen LogP contribution < -0.4 is 0 Å². The van der Waals surface area contributed by atoms with Gasteiger partial charge in [-0.2, -0.15) is 4.98 Å². The van der Waals surface area contributed by atoms with Gasteiger partial charge in [0, 0.05) is 10.6 Å². The highest BCUT2D eigenvalue weighted by Gasteiger charge is 2.19. The van der Waals surface area contributed by atoms with E-state index in [4.69, 9.17) is 16.1 Å². The zero-order valence-corrected chi connectivity index (χ0v) is 12.4. The molecule has 2 aromatic carbocycles. The van der Waals surface area contributed by atoms with Crippen molar-refractivity contribution in [1.82, 2.24) is 10.1 Å². The molecular formula is C17H15ClN2O. The van der Waals surface area contributed by atoms with Crippen LogP contribution in [0.15, 0.2) is 59.1 Å². The van der Waals surface area contributed by atoms with Crippen molar-refractivity contribution in [3.05, 3.63) is 71.1 Å². The summed E-state index contributed by atoms with van der Waals surface area (Å²) in [6, 6.07) is 17.6. The molecule has 1 aromatic heterocycles. The summed E-state index contributed by atoms with van der Waals surface area (Å²) in [4.78, 5) is 4.54. The Morgan fingerprint density at radius 2 is 1.76 bits per heavy atom. The summed E-state index contributed by atoms with van der Waals surface area (Å²) in [7, 11) is 0. The van der Waals surface area contributed by atoms with Crippen molar-refractivity contribution in [1.29, 1.82) is 0 Å². The molecule has 3 nitrogen and oxygen atoms in total. The quantitative estimate of drug-likeness (QED) is 0.685. The second kappa shape index (κ2) is 6.10. The Hall–Kier alpha value is -2.13. The summed E-state index contributed by atoms with van der Waals surface area (Å²) >= 11 is 5.89. The largest absolute Gasteiger partial charge is 0.338 e. The molecule has 21 heavy (non-hydrogen) atoms. The lowest BCUT2D eigenvalue weighted by molar-refractivity contribution is 0.363. The first kappa shape index (κ1) is 13.8. The molecule has 1 heterocycles. The number of hydrogen-bond donors (Lipinski definition) is 0. The fraction of sp³-hybridized carbons (Fsp3) is 0.176. The van der Waals surface area contributed by atoms with Gasteiger partial charge in [-0.25, -0.2) is 0 Å². The molecule has 0 fully saturated rings. The molecule has 0 N–H and O–H groups in total. The highest BCUT2D eigenvalue weighted by molar-refractivity contribution is 6.30. The van der Waals surface area contributed by atoms with Gasteiger partial charge in [0.15, 0.2) is 0 Å². The van der Waals surface area contributed by atoms with Gasteiger partial charge in [0.2, 0.25) is 11.7 Å². The van der Waals surface area contributed by atoms with E-state index < -0.39 is 0 Å². The Labute approximate surface area is 128 Å². The fourth-order valence-corrected chi connectivity index (χ4v) is 2.46. The Balaban J connectivity index is 1.92. The third kappa shape index (κ3) is 2.98. The standard InChI is InChI=1S/C17H15ClN2O/c1-2-15(12-6-4-3-5-7-12)17-19-16(20-21-17)13-8-10-14(18)11-9-13/h3-11,15H,2H2,1H3. The van der Waals surface area contributed by atoms with Crippen LogP contribution in [0.1, 0.15) is 30.7 Å². The first-order valence-corrected chi connectivity index (χ1v) is 7.30. The van der Waals surface area contributed by atoms with Gasteiger partial charge in [0.1, 0.15) is 0 Å². The molecule has 0 spiro atoms. The third-order valence-corrected chi connectivity index (χ3v) is 3.70. The highest BCUT2D eigenvalue weighted by Crippen LogP contribution is 2.28. The van der Waals surface area contributed by atoms with E-state index in [0.717, 1.165) is 12.0 Å². The monoisotopic (exact) mass is 298 g/mol. The van der Waals surface area contributed by atoms with E-state index in [-0.39, 0.29) is 5.92 Å². The molecule has 106 valence electrons. The van der Waals surface area contributed by atoms with Crippen LogP contribution in [0.3, 0.4) is 0 Å². The minimum Gasteiger partial charge on any atom is -0.338 e. The zero-order chi connectivity index (χ0) is 14.7. The average Bonchev–Trinajstić information content (AvgIpc) is 2.99. The summed E-state index contributed by atoms with van der Waals surface area (Å²) in [5.41, 5.74) is 2.09. The van der Waals surface area contributed by atoms with E-state index in [1.54, 1.807) is 0 Å². The number of rotatable bonds is 4. The highest BCUT2D eigenvalue weighted by atomic mass is 35.5. The summed E-state index contributed by atoms with van der Waals surface area (Å²) in [6.07, 6.45) is 0.909. The predicted octanol–water partition coefficient (Wildman–Crippen LogP) is 4.93. The van der Waals surface area contributed by atoms with E-state index >= 15 is 0 Å². The van der Waals surface area contributed by atoms with Crippen LogP contribution in [0.4, 0.5) is 0 Å². The van der Waals surface area contributed by atoms with Crippen LogP contribution >= 0.6 is 11.6 Å². The van der Waals surface area contributed by atoms with Crippen LogP contribution in [-0.2, 0) is 0 Å². The Morgan fingerprint density at radius 3 is 2.43 bits per heavy atom. The first-order valence-electron chi connectivity index (χ1n) is 6.92. The second-order valence-electron chi connectivity index (χ2n) is 4.83. The Bertz CT molecular complexity index is 707. The molecule has 0 amide bonds. The molecule has 0 aliphatic carbocycles. The van der Waals surface area contributed by atoms with Gasteiger partial charge >= 0.3 is 0 Å². The van der Waals surface area contributed by atoms with Gasteiger partial charge in [-0.15, -0.1) is 0 Å². The normalized spacial score (nSPS) is 12.3. The smallest absolute Gasteiger partial charge is 0.234 e. The van der Waals surface area contributed by atoms with Gasteiger partial charge in [-0.05, 0) is 36.2 Å². The fourth-order valence-electron chi connectivity index (χ4n) is 2.33. The maximum atomic E-state index is 5.89. The SMILES string of the molecule is CCC(c1ccccc1)c1nc(-c2ccc(Cl)cc2)no1. The molecule has 0 radical (unpaired) electrons. The zero-order valence-electron chi connectivity index (χ0n) is 11.7. The Morgan fingerprint density at radius 1 is 1.05 bits per heavy atom. The van der Waals surface area contributed by atoms with Crippen molar-refractivity contribution in [2.24, 2.45) is 0 Å². The Kier molecular flexibility index (Phi) is 4.02. The third-order valence-electron chi connectivity index (χ3n) is 3.45. The summed E-state index contributed by atoms with van der Waals surface area (Å²) < 4.78 is 5.46. The number of benzene rings is 2. The number of nitrogens with zero attached hydrogens (tertiary/aromatic N) is 2. The summed E-state index contributed by atoms with van der Waals surface area (Å²) in [6.45, 7) is 2.11. The summed E-state index contributed by atoms with van der Waals surface area (Å²) in [5.74, 6) is 1.37. The molecule has 0 saturated heterocycles. The number of hydrogen-bond acceptors (Lipinski definition) is 3. The van der Waals surface area contributed by atoms with Crippen molar-refractivity contribution in [2.45, 2.75) is 19.3 Å².